The average molecular weight is 295 g/mol. The van der Waals surface area contributed by atoms with Crippen LogP contribution in [0.15, 0.2) is 24.3 Å². The number of halogens is 1. The normalized spacial score (nSPS) is 17.7. The summed E-state index contributed by atoms with van der Waals surface area (Å²) in [5.74, 6) is 0.664. The highest BCUT2D eigenvalue weighted by Crippen LogP contribution is 2.26. The van der Waals surface area contributed by atoms with Crippen molar-refractivity contribution in [3.8, 4) is 0 Å². The third-order valence-corrected chi connectivity index (χ3v) is 4.42. The Kier molecular flexibility index (Phi) is 5.86. The minimum atomic E-state index is -0.0410. The molecule has 110 valence electrons. The predicted octanol–water partition coefficient (Wildman–Crippen LogP) is 3.84. The Labute approximate surface area is 126 Å². The van der Waals surface area contributed by atoms with Crippen molar-refractivity contribution in [2.75, 3.05) is 11.9 Å². The Morgan fingerprint density at radius 2 is 2.00 bits per heavy atom. The van der Waals surface area contributed by atoms with Gasteiger partial charge in [-0.05, 0) is 37.8 Å². The van der Waals surface area contributed by atoms with E-state index >= 15 is 0 Å². The Balaban J connectivity index is 1.76. The summed E-state index contributed by atoms with van der Waals surface area (Å²) < 4.78 is 0. The van der Waals surface area contributed by atoms with Crippen LogP contribution in [0.2, 0.25) is 5.02 Å². The van der Waals surface area contributed by atoms with Crippen molar-refractivity contribution in [2.45, 2.75) is 45.1 Å². The van der Waals surface area contributed by atoms with Gasteiger partial charge in [0.05, 0.1) is 17.3 Å². The zero-order valence-electron chi connectivity index (χ0n) is 12.0. The summed E-state index contributed by atoms with van der Waals surface area (Å²) in [6.45, 7) is 2.52. The lowest BCUT2D eigenvalue weighted by Crippen LogP contribution is -2.39. The first-order valence-corrected chi connectivity index (χ1v) is 7.82. The van der Waals surface area contributed by atoms with E-state index in [1.807, 2.05) is 18.2 Å². The van der Waals surface area contributed by atoms with Crippen molar-refractivity contribution in [1.29, 1.82) is 0 Å². The van der Waals surface area contributed by atoms with Crippen molar-refractivity contribution in [2.24, 2.45) is 5.92 Å². The molecule has 0 saturated heterocycles. The fraction of sp³-hybridized carbons (Fsp3) is 0.562. The molecule has 1 fully saturated rings. The maximum absolute atomic E-state index is 11.9. The first kappa shape index (κ1) is 15.3. The van der Waals surface area contributed by atoms with Crippen LogP contribution in [0.3, 0.4) is 0 Å². The number of anilines is 1. The van der Waals surface area contributed by atoms with Crippen molar-refractivity contribution in [3.05, 3.63) is 29.3 Å². The standard InChI is InChI=1S/C16H23ClN2O/c1-12(13-7-3-2-4-8-13)18-11-16(20)19-15-10-6-5-9-14(15)17/h5-6,9-10,12-13,18H,2-4,7-8,11H2,1H3,(H,19,20). The Morgan fingerprint density at radius 1 is 1.30 bits per heavy atom. The zero-order valence-corrected chi connectivity index (χ0v) is 12.7. The highest BCUT2D eigenvalue weighted by Gasteiger charge is 2.20. The van der Waals surface area contributed by atoms with Gasteiger partial charge in [0.2, 0.25) is 5.91 Å². The fourth-order valence-corrected chi connectivity index (χ4v) is 2.99. The van der Waals surface area contributed by atoms with Gasteiger partial charge in [0, 0.05) is 6.04 Å². The summed E-state index contributed by atoms with van der Waals surface area (Å²) in [6.07, 6.45) is 6.56. The first-order valence-electron chi connectivity index (χ1n) is 7.44. The number of carbonyl (C=O) groups excluding carboxylic acids is 1. The van der Waals surface area contributed by atoms with Crippen LogP contribution < -0.4 is 10.6 Å². The van der Waals surface area contributed by atoms with E-state index in [1.165, 1.54) is 32.1 Å². The molecule has 1 atom stereocenters. The van der Waals surface area contributed by atoms with Gasteiger partial charge in [0.15, 0.2) is 0 Å². The maximum Gasteiger partial charge on any atom is 0.238 e. The largest absolute Gasteiger partial charge is 0.324 e. The van der Waals surface area contributed by atoms with Crippen LogP contribution in [0.5, 0.6) is 0 Å². The SMILES string of the molecule is CC(NCC(=O)Nc1ccccc1Cl)C1CCCCC1. The third-order valence-electron chi connectivity index (χ3n) is 4.09. The molecule has 0 spiro atoms. The van der Waals surface area contributed by atoms with Crippen LogP contribution in [0, 0.1) is 5.92 Å². The van der Waals surface area contributed by atoms with E-state index in [1.54, 1.807) is 6.07 Å². The van der Waals surface area contributed by atoms with E-state index in [9.17, 15) is 4.79 Å². The summed E-state index contributed by atoms with van der Waals surface area (Å²) in [4.78, 5) is 11.9. The molecule has 1 unspecified atom stereocenters. The molecule has 4 heteroatoms. The number of carbonyl (C=O) groups is 1. The Hall–Kier alpha value is -1.06. The summed E-state index contributed by atoms with van der Waals surface area (Å²) in [5, 5.41) is 6.74. The Bertz CT molecular complexity index is 444. The van der Waals surface area contributed by atoms with Crippen LogP contribution >= 0.6 is 11.6 Å². The number of rotatable bonds is 5. The molecule has 1 aliphatic carbocycles. The summed E-state index contributed by atoms with van der Waals surface area (Å²) in [5.41, 5.74) is 0.672. The van der Waals surface area contributed by atoms with Crippen molar-refractivity contribution in [1.82, 2.24) is 5.32 Å². The van der Waals surface area contributed by atoms with Gasteiger partial charge in [-0.2, -0.15) is 0 Å². The third kappa shape index (κ3) is 4.50. The van der Waals surface area contributed by atoms with Crippen LogP contribution in [0.1, 0.15) is 39.0 Å². The Morgan fingerprint density at radius 3 is 2.70 bits per heavy atom. The van der Waals surface area contributed by atoms with Gasteiger partial charge >= 0.3 is 0 Å². The molecule has 1 aromatic rings. The van der Waals surface area contributed by atoms with E-state index in [0.29, 0.717) is 29.2 Å². The smallest absolute Gasteiger partial charge is 0.238 e. The molecule has 1 saturated carbocycles. The summed E-state index contributed by atoms with van der Waals surface area (Å²) >= 11 is 6.02. The molecule has 1 aromatic carbocycles. The molecule has 0 heterocycles. The van der Waals surface area contributed by atoms with Crippen LogP contribution in [0.4, 0.5) is 5.69 Å². The summed E-state index contributed by atoms with van der Waals surface area (Å²) in [6, 6.07) is 7.69. The van der Waals surface area contributed by atoms with Gasteiger partial charge in [-0.15, -0.1) is 0 Å². The number of amides is 1. The van der Waals surface area contributed by atoms with Crippen LogP contribution in [-0.2, 0) is 4.79 Å². The molecule has 1 amide bonds. The van der Waals surface area contributed by atoms with E-state index in [2.05, 4.69) is 17.6 Å². The molecule has 20 heavy (non-hydrogen) atoms. The number of hydrogen-bond acceptors (Lipinski definition) is 2. The van der Waals surface area contributed by atoms with Crippen LogP contribution in [0.25, 0.3) is 0 Å². The maximum atomic E-state index is 11.9. The van der Waals surface area contributed by atoms with Crippen molar-refractivity contribution in [3.63, 3.8) is 0 Å². The molecule has 2 N–H and O–H groups in total. The lowest BCUT2D eigenvalue weighted by molar-refractivity contribution is -0.115. The predicted molar refractivity (Wildman–Crippen MR) is 84.1 cm³/mol. The molecule has 0 bridgehead atoms. The van der Waals surface area contributed by atoms with E-state index in [-0.39, 0.29) is 5.91 Å². The minimum Gasteiger partial charge on any atom is -0.324 e. The van der Waals surface area contributed by atoms with E-state index in [4.69, 9.17) is 11.6 Å². The van der Waals surface area contributed by atoms with Gasteiger partial charge < -0.3 is 10.6 Å². The number of benzene rings is 1. The van der Waals surface area contributed by atoms with E-state index in [0.717, 1.165) is 0 Å². The second kappa shape index (κ2) is 7.65. The monoisotopic (exact) mass is 294 g/mol. The van der Waals surface area contributed by atoms with Crippen molar-refractivity contribution >= 4 is 23.2 Å². The summed E-state index contributed by atoms with van der Waals surface area (Å²) in [7, 11) is 0. The van der Waals surface area contributed by atoms with Gasteiger partial charge in [-0.25, -0.2) is 0 Å². The lowest BCUT2D eigenvalue weighted by Gasteiger charge is -2.28. The molecule has 0 radical (unpaired) electrons. The second-order valence-electron chi connectivity index (χ2n) is 5.60. The topological polar surface area (TPSA) is 41.1 Å². The van der Waals surface area contributed by atoms with Gasteiger partial charge in [0.1, 0.15) is 0 Å². The molecule has 1 aliphatic rings. The van der Waals surface area contributed by atoms with Crippen LogP contribution in [-0.4, -0.2) is 18.5 Å². The quantitative estimate of drug-likeness (QED) is 0.866. The second-order valence-corrected chi connectivity index (χ2v) is 6.00. The zero-order chi connectivity index (χ0) is 14.4. The highest BCUT2D eigenvalue weighted by molar-refractivity contribution is 6.33. The number of para-hydroxylation sites is 1. The molecular weight excluding hydrogens is 272 g/mol. The van der Waals surface area contributed by atoms with E-state index < -0.39 is 0 Å². The lowest BCUT2D eigenvalue weighted by atomic mass is 9.84. The number of hydrogen-bond donors (Lipinski definition) is 2. The molecular formula is C16H23ClN2O. The fourth-order valence-electron chi connectivity index (χ4n) is 2.81. The van der Waals surface area contributed by atoms with Crippen molar-refractivity contribution < 1.29 is 4.79 Å². The average Bonchev–Trinajstić information content (AvgIpc) is 2.48. The minimum absolute atomic E-state index is 0.0410. The van der Waals surface area contributed by atoms with Gasteiger partial charge in [-0.1, -0.05) is 43.0 Å². The molecule has 0 aromatic heterocycles. The molecule has 3 nitrogen and oxygen atoms in total. The highest BCUT2D eigenvalue weighted by atomic mass is 35.5. The first-order chi connectivity index (χ1) is 9.66. The number of nitrogens with one attached hydrogen (secondary N) is 2. The van der Waals surface area contributed by atoms with Gasteiger partial charge in [-0.3, -0.25) is 4.79 Å². The molecule has 0 aliphatic heterocycles. The van der Waals surface area contributed by atoms with Gasteiger partial charge in [0.25, 0.3) is 0 Å². The molecule has 2 rings (SSSR count).